The third-order valence-corrected chi connectivity index (χ3v) is 2.34. The highest BCUT2D eigenvalue weighted by Gasteiger charge is 2.12. The zero-order valence-electron chi connectivity index (χ0n) is 8.15. The number of carboxylic acid groups (broad SMARTS) is 1. The van der Waals surface area contributed by atoms with E-state index in [1.165, 1.54) is 11.5 Å². The molecule has 0 saturated heterocycles. The molecule has 2 N–H and O–H groups in total. The van der Waals surface area contributed by atoms with Gasteiger partial charge in [-0.05, 0) is 13.3 Å². The van der Waals surface area contributed by atoms with Crippen molar-refractivity contribution in [1.29, 1.82) is 0 Å². The molecule has 14 heavy (non-hydrogen) atoms. The standard InChI is InChI=1S/C8H13N3O2S/c1-3-4-6-10-8(14-11-6)9-5(2)7(12)13/h5H,3-4H2,1-2H3,(H,12,13)(H,9,10,11)/t5-/m0/s1. The second-order valence-electron chi connectivity index (χ2n) is 2.97. The second kappa shape index (κ2) is 4.90. The molecule has 78 valence electrons. The van der Waals surface area contributed by atoms with Crippen LogP contribution in [0.15, 0.2) is 0 Å². The van der Waals surface area contributed by atoms with E-state index in [9.17, 15) is 4.79 Å². The van der Waals surface area contributed by atoms with Gasteiger partial charge in [0, 0.05) is 18.0 Å². The van der Waals surface area contributed by atoms with Gasteiger partial charge in [-0.25, -0.2) is 4.98 Å². The molecule has 0 radical (unpaired) electrons. The lowest BCUT2D eigenvalue weighted by Gasteiger charge is -2.05. The summed E-state index contributed by atoms with van der Waals surface area (Å²) in [5.74, 6) is -0.116. The van der Waals surface area contributed by atoms with Crippen LogP contribution in [0.25, 0.3) is 0 Å². The average molecular weight is 215 g/mol. The van der Waals surface area contributed by atoms with E-state index >= 15 is 0 Å². The first-order chi connectivity index (χ1) is 6.63. The molecule has 0 aromatic carbocycles. The number of aliphatic carboxylic acids is 1. The molecular weight excluding hydrogens is 202 g/mol. The first-order valence-electron chi connectivity index (χ1n) is 4.45. The highest BCUT2D eigenvalue weighted by atomic mass is 32.1. The fourth-order valence-corrected chi connectivity index (χ4v) is 1.58. The molecule has 0 spiro atoms. The summed E-state index contributed by atoms with van der Waals surface area (Å²) < 4.78 is 4.09. The number of aryl methyl sites for hydroxylation is 1. The van der Waals surface area contributed by atoms with Gasteiger partial charge in [-0.2, -0.15) is 4.37 Å². The molecule has 0 aliphatic heterocycles. The minimum Gasteiger partial charge on any atom is -0.480 e. The van der Waals surface area contributed by atoms with Crippen LogP contribution in [0.2, 0.25) is 0 Å². The number of aromatic nitrogens is 2. The number of hydrogen-bond donors (Lipinski definition) is 2. The van der Waals surface area contributed by atoms with Crippen LogP contribution < -0.4 is 5.32 Å². The van der Waals surface area contributed by atoms with Crippen LogP contribution in [0, 0.1) is 0 Å². The highest BCUT2D eigenvalue weighted by Crippen LogP contribution is 2.13. The van der Waals surface area contributed by atoms with Crippen LogP contribution in [-0.4, -0.2) is 26.5 Å². The van der Waals surface area contributed by atoms with Crippen LogP contribution in [0.3, 0.4) is 0 Å². The van der Waals surface area contributed by atoms with E-state index in [2.05, 4.69) is 14.7 Å². The number of anilines is 1. The Morgan fingerprint density at radius 1 is 1.71 bits per heavy atom. The molecule has 0 fully saturated rings. The number of nitrogens with zero attached hydrogens (tertiary/aromatic N) is 2. The van der Waals surface area contributed by atoms with E-state index < -0.39 is 12.0 Å². The maximum atomic E-state index is 10.5. The van der Waals surface area contributed by atoms with Gasteiger partial charge < -0.3 is 10.4 Å². The minimum atomic E-state index is -0.891. The predicted molar refractivity (Wildman–Crippen MR) is 54.6 cm³/mol. The highest BCUT2D eigenvalue weighted by molar-refractivity contribution is 7.09. The van der Waals surface area contributed by atoms with Crippen molar-refractivity contribution in [2.75, 3.05) is 5.32 Å². The summed E-state index contributed by atoms with van der Waals surface area (Å²) in [5, 5.41) is 12.0. The van der Waals surface area contributed by atoms with Crippen LogP contribution in [0.4, 0.5) is 5.13 Å². The molecule has 6 heteroatoms. The Hall–Kier alpha value is -1.17. The van der Waals surface area contributed by atoms with Crippen LogP contribution in [0.1, 0.15) is 26.1 Å². The number of carboxylic acids is 1. The van der Waals surface area contributed by atoms with Crippen molar-refractivity contribution in [1.82, 2.24) is 9.36 Å². The minimum absolute atomic E-state index is 0.573. The van der Waals surface area contributed by atoms with Gasteiger partial charge in [-0.1, -0.05) is 6.92 Å². The molecule has 0 saturated carbocycles. The zero-order valence-corrected chi connectivity index (χ0v) is 8.97. The van der Waals surface area contributed by atoms with Gasteiger partial charge in [0.25, 0.3) is 0 Å². The molecular formula is C8H13N3O2S. The molecule has 1 heterocycles. The number of nitrogens with one attached hydrogen (secondary N) is 1. The van der Waals surface area contributed by atoms with E-state index in [-0.39, 0.29) is 0 Å². The molecule has 5 nitrogen and oxygen atoms in total. The smallest absolute Gasteiger partial charge is 0.325 e. The summed E-state index contributed by atoms with van der Waals surface area (Å²) in [4.78, 5) is 14.7. The summed E-state index contributed by atoms with van der Waals surface area (Å²) >= 11 is 1.20. The Balaban J connectivity index is 2.55. The van der Waals surface area contributed by atoms with Gasteiger partial charge in [-0.15, -0.1) is 0 Å². The molecule has 0 aliphatic carbocycles. The Bertz CT molecular complexity index is 313. The Morgan fingerprint density at radius 2 is 2.43 bits per heavy atom. The summed E-state index contributed by atoms with van der Waals surface area (Å²) in [5.41, 5.74) is 0. The Morgan fingerprint density at radius 3 is 3.00 bits per heavy atom. The van der Waals surface area contributed by atoms with E-state index in [0.29, 0.717) is 5.13 Å². The number of hydrogen-bond acceptors (Lipinski definition) is 5. The maximum absolute atomic E-state index is 10.5. The lowest BCUT2D eigenvalue weighted by atomic mass is 10.3. The summed E-state index contributed by atoms with van der Waals surface area (Å²) in [6, 6.07) is -0.627. The SMILES string of the molecule is CCCc1nsc(N[C@@H](C)C(=O)O)n1. The fourth-order valence-electron chi connectivity index (χ4n) is 0.885. The zero-order chi connectivity index (χ0) is 10.6. The third kappa shape index (κ3) is 2.95. The third-order valence-electron chi connectivity index (χ3n) is 1.65. The quantitative estimate of drug-likeness (QED) is 0.776. The molecule has 1 aromatic rings. The Labute approximate surface area is 86.3 Å². The molecule has 1 aromatic heterocycles. The van der Waals surface area contributed by atoms with Gasteiger partial charge in [0.2, 0.25) is 5.13 Å². The van der Waals surface area contributed by atoms with E-state index in [1.54, 1.807) is 6.92 Å². The molecule has 1 atom stereocenters. The average Bonchev–Trinajstić information content (AvgIpc) is 2.53. The topological polar surface area (TPSA) is 75.1 Å². The van der Waals surface area contributed by atoms with Gasteiger partial charge in [0.05, 0.1) is 0 Å². The van der Waals surface area contributed by atoms with Crippen molar-refractivity contribution in [3.63, 3.8) is 0 Å². The summed E-state index contributed by atoms with van der Waals surface area (Å²) in [7, 11) is 0. The van der Waals surface area contributed by atoms with Crippen molar-refractivity contribution in [2.24, 2.45) is 0 Å². The van der Waals surface area contributed by atoms with Crippen molar-refractivity contribution >= 4 is 22.6 Å². The van der Waals surface area contributed by atoms with Crippen LogP contribution in [0.5, 0.6) is 0 Å². The number of rotatable bonds is 5. The van der Waals surface area contributed by atoms with Crippen molar-refractivity contribution in [3.05, 3.63) is 5.82 Å². The van der Waals surface area contributed by atoms with Crippen molar-refractivity contribution in [3.8, 4) is 0 Å². The van der Waals surface area contributed by atoms with E-state index in [1.807, 2.05) is 6.92 Å². The second-order valence-corrected chi connectivity index (χ2v) is 3.72. The van der Waals surface area contributed by atoms with Gasteiger partial charge >= 0.3 is 5.97 Å². The molecule has 0 aliphatic rings. The van der Waals surface area contributed by atoms with Crippen LogP contribution in [-0.2, 0) is 11.2 Å². The summed E-state index contributed by atoms with van der Waals surface area (Å²) in [6.45, 7) is 3.62. The lowest BCUT2D eigenvalue weighted by molar-refractivity contribution is -0.137. The monoisotopic (exact) mass is 215 g/mol. The number of carbonyl (C=O) groups is 1. The normalized spacial score (nSPS) is 12.4. The van der Waals surface area contributed by atoms with E-state index in [0.717, 1.165) is 18.7 Å². The summed E-state index contributed by atoms with van der Waals surface area (Å²) in [6.07, 6.45) is 1.82. The first kappa shape index (κ1) is 10.9. The molecule has 0 bridgehead atoms. The first-order valence-corrected chi connectivity index (χ1v) is 5.22. The molecule has 0 unspecified atom stereocenters. The van der Waals surface area contributed by atoms with Gasteiger partial charge in [0.15, 0.2) is 0 Å². The molecule has 0 amide bonds. The molecule has 1 rings (SSSR count). The van der Waals surface area contributed by atoms with Gasteiger partial charge in [0.1, 0.15) is 11.9 Å². The van der Waals surface area contributed by atoms with Gasteiger partial charge in [-0.3, -0.25) is 4.79 Å². The van der Waals surface area contributed by atoms with Crippen molar-refractivity contribution < 1.29 is 9.90 Å². The lowest BCUT2D eigenvalue weighted by Crippen LogP contribution is -2.25. The fraction of sp³-hybridized carbons (Fsp3) is 0.625. The van der Waals surface area contributed by atoms with Crippen molar-refractivity contribution in [2.45, 2.75) is 32.7 Å². The predicted octanol–water partition coefficient (Wildman–Crippen LogP) is 1.38. The van der Waals surface area contributed by atoms with Crippen LogP contribution >= 0.6 is 11.5 Å². The largest absolute Gasteiger partial charge is 0.480 e. The van der Waals surface area contributed by atoms with E-state index in [4.69, 9.17) is 5.11 Å². The Kier molecular flexibility index (Phi) is 3.82. The maximum Gasteiger partial charge on any atom is 0.325 e.